The first-order chi connectivity index (χ1) is 17.4. The summed E-state index contributed by atoms with van der Waals surface area (Å²) in [7, 11) is 0. The molecule has 3 aromatic carbocycles. The van der Waals surface area contributed by atoms with Gasteiger partial charge in [-0.15, -0.1) is 0 Å². The van der Waals surface area contributed by atoms with Crippen molar-refractivity contribution in [3.05, 3.63) is 79.0 Å². The van der Waals surface area contributed by atoms with Gasteiger partial charge in [0.1, 0.15) is 11.5 Å². The molecule has 0 atom stereocenters. The van der Waals surface area contributed by atoms with Crippen LogP contribution in [0.25, 0.3) is 10.9 Å². The number of rotatable bonds is 10. The van der Waals surface area contributed by atoms with Gasteiger partial charge in [0.15, 0.2) is 0 Å². The van der Waals surface area contributed by atoms with E-state index in [1.807, 2.05) is 77.5 Å². The molecule has 7 nitrogen and oxygen atoms in total. The summed E-state index contributed by atoms with van der Waals surface area (Å²) in [6.45, 7) is 10.9. The maximum absolute atomic E-state index is 12.5. The van der Waals surface area contributed by atoms with E-state index in [1.54, 1.807) is 0 Å². The number of hydrogen-bond acceptors (Lipinski definition) is 4. The van der Waals surface area contributed by atoms with Crippen LogP contribution in [-0.2, 0) is 6.54 Å². The highest BCUT2D eigenvalue weighted by molar-refractivity contribution is 6.00. The molecule has 0 aliphatic rings. The molecule has 7 heteroatoms. The fourth-order valence-corrected chi connectivity index (χ4v) is 4.31. The number of anilines is 2. The largest absolute Gasteiger partial charge is 0.457 e. The van der Waals surface area contributed by atoms with Gasteiger partial charge in [0.2, 0.25) is 0 Å². The van der Waals surface area contributed by atoms with Gasteiger partial charge in [-0.1, -0.05) is 18.2 Å². The first-order valence-corrected chi connectivity index (χ1v) is 12.5. The van der Waals surface area contributed by atoms with Gasteiger partial charge >= 0.3 is 6.03 Å². The van der Waals surface area contributed by atoms with Crippen LogP contribution in [0.5, 0.6) is 11.5 Å². The van der Waals surface area contributed by atoms with Crippen molar-refractivity contribution >= 4 is 28.3 Å². The molecule has 4 rings (SSSR count). The first kappa shape index (κ1) is 25.3. The lowest BCUT2D eigenvalue weighted by Crippen LogP contribution is -2.38. The number of carbonyl (C=O) groups is 1. The zero-order valence-corrected chi connectivity index (χ0v) is 21.4. The predicted molar refractivity (Wildman–Crippen MR) is 147 cm³/mol. The molecule has 2 amide bonds. The summed E-state index contributed by atoms with van der Waals surface area (Å²) in [5.41, 5.74) is 2.23. The summed E-state index contributed by atoms with van der Waals surface area (Å²) in [6, 6.07) is 23.4. The van der Waals surface area contributed by atoms with E-state index in [9.17, 15) is 4.79 Å². The Labute approximate surface area is 213 Å². The molecule has 188 valence electrons. The zero-order valence-electron chi connectivity index (χ0n) is 21.4. The highest BCUT2D eigenvalue weighted by atomic mass is 16.5. The summed E-state index contributed by atoms with van der Waals surface area (Å²) in [5.74, 6) is 1.47. The Balaban J connectivity index is 1.30. The maximum Gasteiger partial charge on any atom is 0.323 e. The number of aromatic nitrogens is 2. The standard InChI is InChI=1S/C29H35N5O2/c1-21(2)34(22(3)4)18-8-17-33-20-23-11-12-25(19-28(23)32-33)31-29(35)30-24-13-15-27(16-14-24)36-26-9-6-5-7-10-26/h5-7,9-16,19-22H,8,17-18H2,1-4H3,(H2,30,31,35). The van der Waals surface area contributed by atoms with Crippen molar-refractivity contribution < 1.29 is 9.53 Å². The highest BCUT2D eigenvalue weighted by Crippen LogP contribution is 2.23. The number of urea groups is 1. The van der Waals surface area contributed by atoms with E-state index < -0.39 is 0 Å². The van der Waals surface area contributed by atoms with Crippen LogP contribution in [0.15, 0.2) is 79.0 Å². The van der Waals surface area contributed by atoms with Gasteiger partial charge in [-0.25, -0.2) is 4.79 Å². The second-order valence-corrected chi connectivity index (χ2v) is 9.46. The minimum Gasteiger partial charge on any atom is -0.457 e. The molecule has 0 radical (unpaired) electrons. The van der Waals surface area contributed by atoms with Crippen LogP contribution in [-0.4, -0.2) is 39.3 Å². The zero-order chi connectivity index (χ0) is 25.5. The van der Waals surface area contributed by atoms with E-state index in [0.29, 0.717) is 29.2 Å². The van der Waals surface area contributed by atoms with Crippen molar-refractivity contribution in [2.45, 2.75) is 52.7 Å². The topological polar surface area (TPSA) is 71.4 Å². The van der Waals surface area contributed by atoms with Crippen molar-refractivity contribution in [3.8, 4) is 11.5 Å². The van der Waals surface area contributed by atoms with E-state index >= 15 is 0 Å². The fraction of sp³-hybridized carbons (Fsp3) is 0.310. The Morgan fingerprint density at radius 3 is 2.22 bits per heavy atom. The van der Waals surface area contributed by atoms with Gasteiger partial charge in [0.05, 0.1) is 5.52 Å². The third-order valence-corrected chi connectivity index (χ3v) is 6.03. The van der Waals surface area contributed by atoms with Gasteiger partial charge in [0, 0.05) is 48.1 Å². The second kappa shape index (κ2) is 11.7. The lowest BCUT2D eigenvalue weighted by atomic mass is 10.2. The molecule has 4 aromatic rings. The van der Waals surface area contributed by atoms with Crippen molar-refractivity contribution in [1.82, 2.24) is 14.7 Å². The normalized spacial score (nSPS) is 11.4. The number of ether oxygens (including phenoxy) is 1. The van der Waals surface area contributed by atoms with Crippen molar-refractivity contribution in [2.24, 2.45) is 0 Å². The van der Waals surface area contributed by atoms with E-state index in [2.05, 4.69) is 49.4 Å². The van der Waals surface area contributed by atoms with E-state index in [-0.39, 0.29) is 6.03 Å². The summed E-state index contributed by atoms with van der Waals surface area (Å²) in [6.07, 6.45) is 3.10. The van der Waals surface area contributed by atoms with Crippen LogP contribution in [0.4, 0.5) is 16.2 Å². The van der Waals surface area contributed by atoms with E-state index in [4.69, 9.17) is 9.84 Å². The number of carbonyl (C=O) groups excluding carboxylic acids is 1. The Morgan fingerprint density at radius 2 is 1.53 bits per heavy atom. The Morgan fingerprint density at radius 1 is 0.889 bits per heavy atom. The molecule has 1 heterocycles. The van der Waals surface area contributed by atoms with E-state index in [0.717, 1.165) is 36.2 Å². The minimum atomic E-state index is -0.312. The van der Waals surface area contributed by atoms with Crippen LogP contribution < -0.4 is 15.4 Å². The Bertz CT molecular complexity index is 1260. The van der Waals surface area contributed by atoms with Crippen LogP contribution in [0.2, 0.25) is 0 Å². The lowest BCUT2D eigenvalue weighted by molar-refractivity contribution is 0.169. The minimum absolute atomic E-state index is 0.312. The fourth-order valence-electron chi connectivity index (χ4n) is 4.31. The van der Waals surface area contributed by atoms with Crippen molar-refractivity contribution in [2.75, 3.05) is 17.2 Å². The molecule has 0 saturated heterocycles. The van der Waals surface area contributed by atoms with Gasteiger partial charge in [-0.05, 0) is 88.7 Å². The molecule has 0 spiro atoms. The van der Waals surface area contributed by atoms with Crippen molar-refractivity contribution in [1.29, 1.82) is 0 Å². The molecule has 0 unspecified atom stereocenters. The molecular weight excluding hydrogens is 450 g/mol. The average molecular weight is 486 g/mol. The van der Waals surface area contributed by atoms with Crippen molar-refractivity contribution in [3.63, 3.8) is 0 Å². The molecule has 0 bridgehead atoms. The smallest absolute Gasteiger partial charge is 0.323 e. The van der Waals surface area contributed by atoms with E-state index in [1.165, 1.54) is 0 Å². The number of para-hydroxylation sites is 1. The Kier molecular flexibility index (Phi) is 8.23. The third kappa shape index (κ3) is 6.86. The molecule has 2 N–H and O–H groups in total. The maximum atomic E-state index is 12.5. The molecule has 0 aliphatic heterocycles. The van der Waals surface area contributed by atoms with Gasteiger partial charge in [0.25, 0.3) is 0 Å². The average Bonchev–Trinajstić information content (AvgIpc) is 3.25. The molecule has 0 saturated carbocycles. The summed E-state index contributed by atoms with van der Waals surface area (Å²) >= 11 is 0. The number of fused-ring (bicyclic) bond motifs is 1. The summed E-state index contributed by atoms with van der Waals surface area (Å²) < 4.78 is 7.79. The summed E-state index contributed by atoms with van der Waals surface area (Å²) in [5, 5.41) is 11.5. The van der Waals surface area contributed by atoms with Gasteiger partial charge in [-0.3, -0.25) is 9.58 Å². The monoisotopic (exact) mass is 485 g/mol. The van der Waals surface area contributed by atoms with Gasteiger partial charge < -0.3 is 15.4 Å². The molecule has 1 aromatic heterocycles. The molecule has 0 aliphatic carbocycles. The van der Waals surface area contributed by atoms with Gasteiger partial charge in [-0.2, -0.15) is 5.10 Å². The third-order valence-electron chi connectivity index (χ3n) is 6.03. The number of hydrogen-bond donors (Lipinski definition) is 2. The first-order valence-electron chi connectivity index (χ1n) is 12.5. The lowest BCUT2D eigenvalue weighted by Gasteiger charge is -2.30. The van der Waals surface area contributed by atoms with Crippen LogP contribution in [0.1, 0.15) is 34.1 Å². The quantitative estimate of drug-likeness (QED) is 0.254. The molecule has 0 fully saturated rings. The molecule has 36 heavy (non-hydrogen) atoms. The number of nitrogens with one attached hydrogen (secondary N) is 2. The SMILES string of the molecule is CC(C)N(CCCn1cc2ccc(NC(=O)Nc3ccc(Oc4ccccc4)cc3)cc2n1)C(C)C. The highest BCUT2D eigenvalue weighted by Gasteiger charge is 2.13. The number of benzene rings is 3. The molecular formula is C29H35N5O2. The number of amides is 2. The number of aryl methyl sites for hydroxylation is 1. The van der Waals surface area contributed by atoms with Crippen LogP contribution in [0.3, 0.4) is 0 Å². The van der Waals surface area contributed by atoms with Crippen LogP contribution in [0, 0.1) is 0 Å². The Hall–Kier alpha value is -3.84. The predicted octanol–water partition coefficient (Wildman–Crippen LogP) is 6.98. The van der Waals surface area contributed by atoms with Crippen LogP contribution >= 0.6 is 0 Å². The second-order valence-electron chi connectivity index (χ2n) is 9.46. The number of nitrogens with zero attached hydrogens (tertiary/aromatic N) is 3. The summed E-state index contributed by atoms with van der Waals surface area (Å²) in [4.78, 5) is 15.0.